The highest BCUT2D eigenvalue weighted by atomic mass is 16.2. The van der Waals surface area contributed by atoms with Crippen molar-refractivity contribution in [2.75, 3.05) is 0 Å². The maximum atomic E-state index is 12.8. The molecule has 4 heteroatoms. The third kappa shape index (κ3) is 2.15. The lowest BCUT2D eigenvalue weighted by molar-refractivity contribution is -0.162. The fourth-order valence-electron chi connectivity index (χ4n) is 3.29. The molecule has 0 radical (unpaired) electrons. The highest BCUT2D eigenvalue weighted by Gasteiger charge is 2.54. The van der Waals surface area contributed by atoms with E-state index >= 15 is 0 Å². The zero-order valence-corrected chi connectivity index (χ0v) is 12.5. The molecule has 1 aliphatic carbocycles. The van der Waals surface area contributed by atoms with Crippen molar-refractivity contribution < 1.29 is 9.59 Å². The van der Waals surface area contributed by atoms with E-state index in [4.69, 9.17) is 0 Å². The number of piperazine rings is 1. The van der Waals surface area contributed by atoms with Gasteiger partial charge in [0.1, 0.15) is 11.6 Å². The van der Waals surface area contributed by atoms with Crippen LogP contribution in [0.25, 0.3) is 0 Å². The maximum absolute atomic E-state index is 12.8. The van der Waals surface area contributed by atoms with Crippen molar-refractivity contribution in [2.24, 2.45) is 5.92 Å². The fraction of sp³-hybridized carbons (Fsp3) is 0.867. The molecular formula is C15H26N2O2. The number of hydrogen-bond donors (Lipinski definition) is 1. The molecular weight excluding hydrogens is 240 g/mol. The first-order chi connectivity index (χ1) is 9.01. The molecule has 0 bridgehead atoms. The second-order valence-electron chi connectivity index (χ2n) is 5.99. The molecule has 0 aromatic rings. The minimum absolute atomic E-state index is 0.0503. The van der Waals surface area contributed by atoms with Gasteiger partial charge < -0.3 is 10.2 Å². The van der Waals surface area contributed by atoms with E-state index in [-0.39, 0.29) is 23.9 Å². The number of nitrogens with zero attached hydrogens (tertiary/aromatic N) is 1. The second kappa shape index (κ2) is 5.14. The van der Waals surface area contributed by atoms with Crippen LogP contribution in [0.4, 0.5) is 0 Å². The van der Waals surface area contributed by atoms with Crippen LogP contribution in [0, 0.1) is 5.92 Å². The van der Waals surface area contributed by atoms with E-state index in [2.05, 4.69) is 19.2 Å². The van der Waals surface area contributed by atoms with Gasteiger partial charge >= 0.3 is 0 Å². The van der Waals surface area contributed by atoms with Gasteiger partial charge in [0.15, 0.2) is 0 Å². The van der Waals surface area contributed by atoms with Crippen molar-refractivity contribution in [1.82, 2.24) is 10.2 Å². The largest absolute Gasteiger partial charge is 0.342 e. The standard InChI is InChI=1S/C15H26N2O2/c1-5-10(4)17-13(18)12(11-8-9-11)16-14(19)15(17,6-2)7-3/h10-12H,5-9H2,1-4H3,(H,16,19). The smallest absolute Gasteiger partial charge is 0.246 e. The van der Waals surface area contributed by atoms with Crippen molar-refractivity contribution in [3.05, 3.63) is 0 Å². The molecule has 2 amide bonds. The molecule has 2 unspecified atom stereocenters. The van der Waals surface area contributed by atoms with Crippen LogP contribution in [-0.2, 0) is 9.59 Å². The fourth-order valence-corrected chi connectivity index (χ4v) is 3.29. The van der Waals surface area contributed by atoms with Gasteiger partial charge in [0.05, 0.1) is 0 Å². The van der Waals surface area contributed by atoms with Gasteiger partial charge in [0.25, 0.3) is 0 Å². The lowest BCUT2D eigenvalue weighted by Gasteiger charge is -2.50. The lowest BCUT2D eigenvalue weighted by atomic mass is 9.83. The molecule has 1 N–H and O–H groups in total. The summed E-state index contributed by atoms with van der Waals surface area (Å²) in [4.78, 5) is 27.3. The van der Waals surface area contributed by atoms with Crippen LogP contribution in [0.15, 0.2) is 0 Å². The van der Waals surface area contributed by atoms with Crippen LogP contribution in [0.1, 0.15) is 59.8 Å². The topological polar surface area (TPSA) is 49.4 Å². The van der Waals surface area contributed by atoms with E-state index in [0.717, 1.165) is 19.3 Å². The Balaban J connectivity index is 2.37. The van der Waals surface area contributed by atoms with E-state index in [9.17, 15) is 9.59 Å². The van der Waals surface area contributed by atoms with E-state index in [0.29, 0.717) is 18.8 Å². The normalized spacial score (nSPS) is 28.2. The molecule has 1 saturated carbocycles. The molecule has 108 valence electrons. The molecule has 0 spiro atoms. The molecule has 19 heavy (non-hydrogen) atoms. The summed E-state index contributed by atoms with van der Waals surface area (Å²) < 4.78 is 0. The summed E-state index contributed by atoms with van der Waals surface area (Å²) in [6, 6.07) is -0.146. The van der Waals surface area contributed by atoms with Gasteiger partial charge in [-0.15, -0.1) is 0 Å². The Labute approximate surface area is 115 Å². The van der Waals surface area contributed by atoms with Crippen LogP contribution in [-0.4, -0.2) is 34.3 Å². The maximum Gasteiger partial charge on any atom is 0.246 e. The monoisotopic (exact) mass is 266 g/mol. The first kappa shape index (κ1) is 14.4. The van der Waals surface area contributed by atoms with Gasteiger partial charge in [-0.3, -0.25) is 9.59 Å². The van der Waals surface area contributed by atoms with E-state index in [1.54, 1.807) is 0 Å². The Hall–Kier alpha value is -1.06. The van der Waals surface area contributed by atoms with Crippen LogP contribution in [0.5, 0.6) is 0 Å². The number of rotatable bonds is 5. The average molecular weight is 266 g/mol. The quantitative estimate of drug-likeness (QED) is 0.828. The summed E-state index contributed by atoms with van der Waals surface area (Å²) >= 11 is 0. The van der Waals surface area contributed by atoms with Gasteiger partial charge in [0.2, 0.25) is 11.8 Å². The Kier molecular flexibility index (Phi) is 3.88. The molecule has 1 aliphatic heterocycles. The summed E-state index contributed by atoms with van der Waals surface area (Å²) in [7, 11) is 0. The Bertz CT molecular complexity index is 372. The van der Waals surface area contributed by atoms with Gasteiger partial charge in [-0.2, -0.15) is 0 Å². The predicted molar refractivity (Wildman–Crippen MR) is 74.6 cm³/mol. The van der Waals surface area contributed by atoms with E-state index in [1.165, 1.54) is 0 Å². The highest BCUT2D eigenvalue weighted by Crippen LogP contribution is 2.39. The molecule has 2 atom stereocenters. The van der Waals surface area contributed by atoms with Crippen molar-refractivity contribution in [2.45, 2.75) is 77.4 Å². The van der Waals surface area contributed by atoms with Gasteiger partial charge in [-0.25, -0.2) is 0 Å². The molecule has 2 aliphatic rings. The summed E-state index contributed by atoms with van der Waals surface area (Å²) in [5.41, 5.74) is -0.641. The van der Waals surface area contributed by atoms with Crippen molar-refractivity contribution in [3.8, 4) is 0 Å². The summed E-state index contributed by atoms with van der Waals surface area (Å²) in [5.74, 6) is 0.559. The minimum Gasteiger partial charge on any atom is -0.342 e. The van der Waals surface area contributed by atoms with Gasteiger partial charge in [0, 0.05) is 6.04 Å². The molecule has 2 fully saturated rings. The van der Waals surface area contributed by atoms with Crippen molar-refractivity contribution in [3.63, 3.8) is 0 Å². The molecule has 0 aromatic heterocycles. The number of hydrogen-bond acceptors (Lipinski definition) is 2. The number of nitrogens with one attached hydrogen (secondary N) is 1. The highest BCUT2D eigenvalue weighted by molar-refractivity contribution is 6.00. The summed E-state index contributed by atoms with van der Waals surface area (Å²) in [5, 5.41) is 3.00. The molecule has 1 heterocycles. The summed E-state index contributed by atoms with van der Waals surface area (Å²) in [6.07, 6.45) is 4.39. The Morgan fingerprint density at radius 2 is 1.84 bits per heavy atom. The predicted octanol–water partition coefficient (Wildman–Crippen LogP) is 2.08. The Morgan fingerprint density at radius 1 is 1.26 bits per heavy atom. The van der Waals surface area contributed by atoms with Crippen LogP contribution >= 0.6 is 0 Å². The van der Waals surface area contributed by atoms with E-state index < -0.39 is 5.54 Å². The average Bonchev–Trinajstić information content (AvgIpc) is 3.24. The van der Waals surface area contributed by atoms with Crippen molar-refractivity contribution in [1.29, 1.82) is 0 Å². The number of amides is 2. The van der Waals surface area contributed by atoms with Gasteiger partial charge in [-0.05, 0) is 44.9 Å². The lowest BCUT2D eigenvalue weighted by Crippen LogP contribution is -2.72. The zero-order chi connectivity index (χ0) is 14.2. The SMILES string of the molecule is CCC(C)N1C(=O)C(C2CC2)NC(=O)C1(CC)CC. The van der Waals surface area contributed by atoms with Crippen LogP contribution in [0.2, 0.25) is 0 Å². The molecule has 4 nitrogen and oxygen atoms in total. The van der Waals surface area contributed by atoms with Crippen LogP contribution in [0.3, 0.4) is 0 Å². The van der Waals surface area contributed by atoms with Gasteiger partial charge in [-0.1, -0.05) is 20.8 Å². The molecule has 1 saturated heterocycles. The number of carbonyl (C=O) groups is 2. The summed E-state index contributed by atoms with van der Waals surface area (Å²) in [6.45, 7) is 8.14. The first-order valence-electron chi connectivity index (χ1n) is 7.65. The third-order valence-electron chi connectivity index (χ3n) is 4.97. The minimum atomic E-state index is -0.641. The first-order valence-corrected chi connectivity index (χ1v) is 7.65. The molecule has 0 aromatic carbocycles. The number of carbonyl (C=O) groups excluding carboxylic acids is 2. The third-order valence-corrected chi connectivity index (χ3v) is 4.97. The Morgan fingerprint density at radius 3 is 2.26 bits per heavy atom. The second-order valence-corrected chi connectivity index (χ2v) is 5.99. The molecule has 2 rings (SSSR count). The van der Waals surface area contributed by atoms with Crippen molar-refractivity contribution >= 4 is 11.8 Å². The zero-order valence-electron chi connectivity index (χ0n) is 12.5. The van der Waals surface area contributed by atoms with Crippen LogP contribution < -0.4 is 5.32 Å². The van der Waals surface area contributed by atoms with E-state index in [1.807, 2.05) is 18.7 Å².